The molecule has 2 heterocycles. The van der Waals surface area contributed by atoms with Crippen LogP contribution in [0, 0.1) is 0 Å². The highest BCUT2D eigenvalue weighted by molar-refractivity contribution is 7.11. The summed E-state index contributed by atoms with van der Waals surface area (Å²) in [6.45, 7) is 2.69. The minimum atomic E-state index is -1.02. The normalized spacial score (nSPS) is 10.8. The molecule has 104 valence electrons. The minimum absolute atomic E-state index is 0.244. The minimum Gasteiger partial charge on any atom is -0.478 e. The number of carboxylic acid groups (broad SMARTS) is 1. The number of carbonyl (C=O) groups is 2. The second kappa shape index (κ2) is 6.16. The van der Waals surface area contributed by atoms with Crippen molar-refractivity contribution in [1.29, 1.82) is 0 Å². The SMILES string of the molecule is CCn1cc(NC(=O)c2csc(C=CC(=O)O)c2)cn1. The Bertz CT molecular complexity index is 657. The monoisotopic (exact) mass is 291 g/mol. The lowest BCUT2D eigenvalue weighted by molar-refractivity contribution is -0.131. The highest BCUT2D eigenvalue weighted by Crippen LogP contribution is 2.17. The van der Waals surface area contributed by atoms with E-state index in [-0.39, 0.29) is 5.91 Å². The summed E-state index contributed by atoms with van der Waals surface area (Å²) in [4.78, 5) is 23.1. The van der Waals surface area contributed by atoms with Crippen LogP contribution in [-0.4, -0.2) is 26.8 Å². The predicted molar refractivity (Wildman–Crippen MR) is 76.8 cm³/mol. The van der Waals surface area contributed by atoms with Crippen molar-refractivity contribution in [2.75, 3.05) is 5.32 Å². The molecule has 0 saturated carbocycles. The topological polar surface area (TPSA) is 84.2 Å². The van der Waals surface area contributed by atoms with Crippen molar-refractivity contribution in [3.63, 3.8) is 0 Å². The number of aryl methyl sites for hydroxylation is 1. The number of rotatable bonds is 5. The summed E-state index contributed by atoms with van der Waals surface area (Å²) >= 11 is 1.31. The number of hydrogen-bond donors (Lipinski definition) is 2. The Morgan fingerprint density at radius 1 is 1.55 bits per heavy atom. The number of anilines is 1. The fourth-order valence-corrected chi connectivity index (χ4v) is 2.30. The Balaban J connectivity index is 2.04. The maximum Gasteiger partial charge on any atom is 0.328 e. The molecule has 0 unspecified atom stereocenters. The van der Waals surface area contributed by atoms with Crippen molar-refractivity contribution >= 4 is 35.0 Å². The number of thiophene rings is 1. The number of hydrogen-bond acceptors (Lipinski definition) is 4. The van der Waals surface area contributed by atoms with Crippen LogP contribution in [0.25, 0.3) is 6.08 Å². The highest BCUT2D eigenvalue weighted by atomic mass is 32.1. The summed E-state index contributed by atoms with van der Waals surface area (Å²) in [5.74, 6) is -1.26. The summed E-state index contributed by atoms with van der Waals surface area (Å²) in [5.41, 5.74) is 1.12. The first kappa shape index (κ1) is 14.0. The van der Waals surface area contributed by atoms with Crippen LogP contribution < -0.4 is 5.32 Å². The third-order valence-electron chi connectivity index (χ3n) is 2.49. The summed E-state index contributed by atoms with van der Waals surface area (Å²) in [7, 11) is 0. The van der Waals surface area contributed by atoms with E-state index in [1.54, 1.807) is 28.5 Å². The molecule has 2 N–H and O–H groups in total. The van der Waals surface area contributed by atoms with Gasteiger partial charge >= 0.3 is 5.97 Å². The van der Waals surface area contributed by atoms with Crippen molar-refractivity contribution in [3.05, 3.63) is 40.4 Å². The van der Waals surface area contributed by atoms with Gasteiger partial charge in [0.15, 0.2) is 0 Å². The van der Waals surface area contributed by atoms with E-state index in [1.165, 1.54) is 17.4 Å². The van der Waals surface area contributed by atoms with Crippen LogP contribution in [-0.2, 0) is 11.3 Å². The van der Waals surface area contributed by atoms with Crippen molar-refractivity contribution in [3.8, 4) is 0 Å². The van der Waals surface area contributed by atoms with Crippen LogP contribution in [0.1, 0.15) is 22.2 Å². The summed E-state index contributed by atoms with van der Waals surface area (Å²) < 4.78 is 1.71. The molecule has 0 aromatic carbocycles. The highest BCUT2D eigenvalue weighted by Gasteiger charge is 2.09. The molecule has 7 heteroatoms. The second-order valence-corrected chi connectivity index (χ2v) is 4.89. The van der Waals surface area contributed by atoms with Gasteiger partial charge in [0.05, 0.1) is 17.4 Å². The molecule has 2 aromatic heterocycles. The Morgan fingerprint density at radius 3 is 3.00 bits per heavy atom. The standard InChI is InChI=1S/C13H13N3O3S/c1-2-16-7-10(6-14-16)15-13(19)9-5-11(20-8-9)3-4-12(17)18/h3-8H,2H2,1H3,(H,15,19)(H,17,18). The van der Waals surface area contributed by atoms with E-state index >= 15 is 0 Å². The van der Waals surface area contributed by atoms with E-state index in [1.807, 2.05) is 6.92 Å². The van der Waals surface area contributed by atoms with Crippen LogP contribution in [0.15, 0.2) is 29.9 Å². The van der Waals surface area contributed by atoms with E-state index in [2.05, 4.69) is 10.4 Å². The van der Waals surface area contributed by atoms with E-state index < -0.39 is 5.97 Å². The first-order valence-electron chi connectivity index (χ1n) is 5.92. The predicted octanol–water partition coefficient (Wildman–Crippen LogP) is 2.31. The average molecular weight is 291 g/mol. The Hall–Kier alpha value is -2.41. The molecule has 0 spiro atoms. The van der Waals surface area contributed by atoms with Gasteiger partial charge in [0, 0.05) is 29.1 Å². The molecule has 6 nitrogen and oxygen atoms in total. The Kier molecular flexibility index (Phi) is 4.31. The quantitative estimate of drug-likeness (QED) is 0.828. The van der Waals surface area contributed by atoms with Gasteiger partial charge in [0.25, 0.3) is 5.91 Å². The molecule has 0 bridgehead atoms. The Morgan fingerprint density at radius 2 is 2.35 bits per heavy atom. The molecule has 0 saturated heterocycles. The zero-order valence-electron chi connectivity index (χ0n) is 10.7. The van der Waals surface area contributed by atoms with E-state index in [0.717, 1.165) is 12.6 Å². The number of carboxylic acids is 1. The van der Waals surface area contributed by atoms with Gasteiger partial charge in [0.1, 0.15) is 0 Å². The summed E-state index contributed by atoms with van der Waals surface area (Å²) in [6.07, 6.45) is 5.83. The maximum atomic E-state index is 12.0. The second-order valence-electron chi connectivity index (χ2n) is 3.95. The lowest BCUT2D eigenvalue weighted by atomic mass is 10.3. The fourth-order valence-electron chi connectivity index (χ4n) is 1.52. The smallest absolute Gasteiger partial charge is 0.328 e. The number of aliphatic carboxylic acids is 1. The molecule has 0 atom stereocenters. The lowest BCUT2D eigenvalue weighted by Crippen LogP contribution is -2.10. The van der Waals surface area contributed by atoms with Crippen molar-refractivity contribution in [2.24, 2.45) is 0 Å². The van der Waals surface area contributed by atoms with Gasteiger partial charge in [-0.15, -0.1) is 11.3 Å². The third kappa shape index (κ3) is 3.55. The summed E-state index contributed by atoms with van der Waals surface area (Å²) in [5, 5.41) is 17.0. The van der Waals surface area contributed by atoms with Gasteiger partial charge < -0.3 is 10.4 Å². The maximum absolute atomic E-state index is 12.0. The fraction of sp³-hybridized carbons (Fsp3) is 0.154. The Labute approximate surface area is 119 Å². The van der Waals surface area contributed by atoms with E-state index in [4.69, 9.17) is 5.11 Å². The van der Waals surface area contributed by atoms with Crippen molar-refractivity contribution < 1.29 is 14.7 Å². The molecule has 0 aliphatic rings. The molecule has 0 radical (unpaired) electrons. The number of nitrogens with zero attached hydrogens (tertiary/aromatic N) is 2. The van der Waals surface area contributed by atoms with Gasteiger partial charge in [-0.25, -0.2) is 4.79 Å². The molecular weight excluding hydrogens is 278 g/mol. The van der Waals surface area contributed by atoms with Gasteiger partial charge in [0.2, 0.25) is 0 Å². The number of carbonyl (C=O) groups excluding carboxylic acids is 1. The first-order valence-corrected chi connectivity index (χ1v) is 6.80. The molecule has 2 aromatic rings. The summed E-state index contributed by atoms with van der Waals surface area (Å²) in [6, 6.07) is 1.64. The first-order chi connectivity index (χ1) is 9.58. The average Bonchev–Trinajstić information content (AvgIpc) is 3.04. The van der Waals surface area contributed by atoms with Gasteiger partial charge in [-0.1, -0.05) is 0 Å². The van der Waals surface area contributed by atoms with Crippen molar-refractivity contribution in [2.45, 2.75) is 13.5 Å². The zero-order valence-corrected chi connectivity index (χ0v) is 11.6. The van der Waals surface area contributed by atoms with Crippen LogP contribution in [0.4, 0.5) is 5.69 Å². The van der Waals surface area contributed by atoms with Crippen molar-refractivity contribution in [1.82, 2.24) is 9.78 Å². The van der Waals surface area contributed by atoms with Gasteiger partial charge in [-0.3, -0.25) is 9.48 Å². The largest absolute Gasteiger partial charge is 0.478 e. The zero-order chi connectivity index (χ0) is 14.5. The van der Waals surface area contributed by atoms with Gasteiger partial charge in [-0.05, 0) is 19.1 Å². The van der Waals surface area contributed by atoms with Crippen LogP contribution >= 0.6 is 11.3 Å². The van der Waals surface area contributed by atoms with Gasteiger partial charge in [-0.2, -0.15) is 5.10 Å². The molecule has 0 fully saturated rings. The number of amides is 1. The molecular formula is C13H13N3O3S. The molecule has 2 rings (SSSR count). The molecule has 20 heavy (non-hydrogen) atoms. The molecule has 0 aliphatic heterocycles. The number of aromatic nitrogens is 2. The van der Waals surface area contributed by atoms with E-state index in [0.29, 0.717) is 16.1 Å². The third-order valence-corrected chi connectivity index (χ3v) is 3.39. The van der Waals surface area contributed by atoms with E-state index in [9.17, 15) is 9.59 Å². The van der Waals surface area contributed by atoms with Crippen LogP contribution in [0.5, 0.6) is 0 Å². The number of nitrogens with one attached hydrogen (secondary N) is 1. The molecule has 1 amide bonds. The van der Waals surface area contributed by atoms with Crippen LogP contribution in [0.3, 0.4) is 0 Å². The van der Waals surface area contributed by atoms with Crippen LogP contribution in [0.2, 0.25) is 0 Å². The lowest BCUT2D eigenvalue weighted by Gasteiger charge is -1.98. The molecule has 0 aliphatic carbocycles.